The van der Waals surface area contributed by atoms with Gasteiger partial charge in [0.05, 0.1) is 28.4 Å². The first-order valence-corrected chi connectivity index (χ1v) is 10.0. The molecule has 0 N–H and O–H groups in total. The van der Waals surface area contributed by atoms with E-state index in [1.54, 1.807) is 58.8 Å². The molecular weight excluding hydrogens is 382 g/mol. The lowest BCUT2D eigenvalue weighted by molar-refractivity contribution is 0.104. The fraction of sp³-hybridized carbons (Fsp3) is 0.375. The first-order chi connectivity index (χ1) is 14.6. The molecule has 0 atom stereocenters. The molecule has 2 aromatic rings. The van der Waals surface area contributed by atoms with Gasteiger partial charge in [0.1, 0.15) is 5.75 Å². The number of rotatable bonds is 9. The van der Waals surface area contributed by atoms with Gasteiger partial charge in [-0.05, 0) is 67.9 Å². The molecule has 0 saturated carbocycles. The summed E-state index contributed by atoms with van der Waals surface area (Å²) in [6, 6.07) is 9.20. The van der Waals surface area contributed by atoms with Gasteiger partial charge in [0.25, 0.3) is 0 Å². The Morgan fingerprint density at radius 2 is 1.53 bits per heavy atom. The van der Waals surface area contributed by atoms with Crippen LogP contribution in [0.5, 0.6) is 23.0 Å². The number of allylic oxidation sites excluding steroid dienone is 1. The van der Waals surface area contributed by atoms with E-state index in [9.17, 15) is 4.79 Å². The molecule has 160 valence electrons. The van der Waals surface area contributed by atoms with Crippen molar-refractivity contribution in [2.45, 2.75) is 19.4 Å². The molecule has 1 heterocycles. The number of benzene rings is 2. The van der Waals surface area contributed by atoms with Crippen molar-refractivity contribution in [3.63, 3.8) is 0 Å². The van der Waals surface area contributed by atoms with E-state index in [1.165, 1.54) is 12.8 Å². The van der Waals surface area contributed by atoms with Crippen molar-refractivity contribution in [3.8, 4) is 23.0 Å². The lowest BCUT2D eigenvalue weighted by Gasteiger charge is -2.17. The summed E-state index contributed by atoms with van der Waals surface area (Å²) in [6.45, 7) is 2.96. The van der Waals surface area contributed by atoms with Crippen LogP contribution in [-0.4, -0.2) is 52.2 Å². The van der Waals surface area contributed by atoms with Gasteiger partial charge < -0.3 is 18.9 Å². The first kappa shape index (κ1) is 21.7. The summed E-state index contributed by atoms with van der Waals surface area (Å²) in [6.07, 6.45) is 5.75. The summed E-state index contributed by atoms with van der Waals surface area (Å²) < 4.78 is 21.6. The van der Waals surface area contributed by atoms with Crippen molar-refractivity contribution >= 4 is 11.9 Å². The molecule has 1 aliphatic rings. The van der Waals surface area contributed by atoms with E-state index in [2.05, 4.69) is 4.90 Å². The second-order valence-electron chi connectivity index (χ2n) is 7.17. The van der Waals surface area contributed by atoms with Crippen molar-refractivity contribution in [2.75, 3.05) is 41.5 Å². The molecule has 1 aliphatic heterocycles. The van der Waals surface area contributed by atoms with Crippen LogP contribution in [0.3, 0.4) is 0 Å². The minimum absolute atomic E-state index is 0.0749. The average molecular weight is 411 g/mol. The standard InChI is InChI=1S/C24H29NO5/c1-27-21-10-8-18(15-19(21)16-25-11-5-6-12-25)20(26)9-7-17-13-22(28-2)24(30-4)23(14-17)29-3/h7-10,13-15H,5-6,11-12,16H2,1-4H3/b9-7+. The fourth-order valence-electron chi connectivity index (χ4n) is 3.70. The van der Waals surface area contributed by atoms with Crippen LogP contribution in [0, 0.1) is 0 Å². The van der Waals surface area contributed by atoms with Crippen LogP contribution in [0.15, 0.2) is 36.4 Å². The van der Waals surface area contributed by atoms with Crippen LogP contribution >= 0.6 is 0 Å². The average Bonchev–Trinajstić information content (AvgIpc) is 3.29. The summed E-state index contributed by atoms with van der Waals surface area (Å²) in [4.78, 5) is 15.2. The number of likely N-dealkylation sites (tertiary alicyclic amines) is 1. The van der Waals surface area contributed by atoms with Crippen molar-refractivity contribution in [1.82, 2.24) is 4.90 Å². The Bertz CT molecular complexity index is 891. The van der Waals surface area contributed by atoms with Gasteiger partial charge in [-0.2, -0.15) is 0 Å². The molecule has 2 aromatic carbocycles. The van der Waals surface area contributed by atoms with Crippen LogP contribution in [0.1, 0.15) is 34.3 Å². The zero-order valence-corrected chi connectivity index (χ0v) is 18.1. The Balaban J connectivity index is 1.82. The molecule has 6 nitrogen and oxygen atoms in total. The molecule has 1 saturated heterocycles. The largest absolute Gasteiger partial charge is 0.496 e. The molecule has 3 rings (SSSR count). The van der Waals surface area contributed by atoms with E-state index >= 15 is 0 Å². The van der Waals surface area contributed by atoms with E-state index in [0.29, 0.717) is 22.8 Å². The molecule has 0 bridgehead atoms. The second kappa shape index (κ2) is 10.2. The number of carbonyl (C=O) groups excluding carboxylic acids is 1. The highest BCUT2D eigenvalue weighted by Crippen LogP contribution is 2.38. The van der Waals surface area contributed by atoms with Gasteiger partial charge in [0.15, 0.2) is 17.3 Å². The van der Waals surface area contributed by atoms with Gasteiger partial charge >= 0.3 is 0 Å². The summed E-state index contributed by atoms with van der Waals surface area (Å²) in [5, 5.41) is 0. The Kier molecular flexibility index (Phi) is 7.36. The predicted molar refractivity (Wildman–Crippen MR) is 117 cm³/mol. The number of ether oxygens (including phenoxy) is 4. The minimum atomic E-state index is -0.0749. The number of carbonyl (C=O) groups is 1. The Labute approximate surface area is 178 Å². The lowest BCUT2D eigenvalue weighted by atomic mass is 10.0. The van der Waals surface area contributed by atoms with Gasteiger partial charge in [-0.1, -0.05) is 6.08 Å². The highest BCUT2D eigenvalue weighted by atomic mass is 16.5. The highest BCUT2D eigenvalue weighted by Gasteiger charge is 2.16. The summed E-state index contributed by atoms with van der Waals surface area (Å²) in [7, 11) is 6.35. The number of ketones is 1. The van der Waals surface area contributed by atoms with Crippen molar-refractivity contribution in [2.24, 2.45) is 0 Å². The van der Waals surface area contributed by atoms with Crippen LogP contribution < -0.4 is 18.9 Å². The number of nitrogens with zero attached hydrogens (tertiary/aromatic N) is 1. The zero-order chi connectivity index (χ0) is 21.5. The molecule has 0 unspecified atom stereocenters. The summed E-state index contributed by atoms with van der Waals surface area (Å²) >= 11 is 0. The van der Waals surface area contributed by atoms with Crippen LogP contribution in [0.4, 0.5) is 0 Å². The van der Waals surface area contributed by atoms with E-state index in [-0.39, 0.29) is 5.78 Å². The van der Waals surface area contributed by atoms with E-state index in [4.69, 9.17) is 18.9 Å². The minimum Gasteiger partial charge on any atom is -0.496 e. The van der Waals surface area contributed by atoms with Gasteiger partial charge in [0, 0.05) is 17.7 Å². The number of methoxy groups -OCH3 is 4. The Morgan fingerprint density at radius 1 is 0.900 bits per heavy atom. The smallest absolute Gasteiger partial charge is 0.203 e. The summed E-state index contributed by atoms with van der Waals surface area (Å²) in [5.74, 6) is 2.34. The molecule has 0 amide bonds. The zero-order valence-electron chi connectivity index (χ0n) is 18.1. The Morgan fingerprint density at radius 3 is 2.10 bits per heavy atom. The van der Waals surface area contributed by atoms with E-state index in [1.807, 2.05) is 12.1 Å². The monoisotopic (exact) mass is 411 g/mol. The van der Waals surface area contributed by atoms with Gasteiger partial charge in [-0.3, -0.25) is 9.69 Å². The van der Waals surface area contributed by atoms with E-state index < -0.39 is 0 Å². The van der Waals surface area contributed by atoms with Crippen molar-refractivity contribution < 1.29 is 23.7 Å². The molecule has 0 aromatic heterocycles. The predicted octanol–water partition coefficient (Wildman–Crippen LogP) is 4.21. The second-order valence-corrected chi connectivity index (χ2v) is 7.17. The molecule has 30 heavy (non-hydrogen) atoms. The van der Waals surface area contributed by atoms with Crippen molar-refractivity contribution in [1.29, 1.82) is 0 Å². The third-order valence-electron chi connectivity index (χ3n) is 5.27. The van der Waals surface area contributed by atoms with Crippen LogP contribution in [0.25, 0.3) is 6.08 Å². The Hall–Kier alpha value is -2.99. The fourth-order valence-corrected chi connectivity index (χ4v) is 3.70. The van der Waals surface area contributed by atoms with Crippen LogP contribution in [-0.2, 0) is 6.54 Å². The van der Waals surface area contributed by atoms with Gasteiger partial charge in [0.2, 0.25) is 5.75 Å². The number of hydrogen-bond acceptors (Lipinski definition) is 6. The normalized spacial score (nSPS) is 14.1. The molecule has 6 heteroatoms. The topological polar surface area (TPSA) is 57.2 Å². The maximum absolute atomic E-state index is 12.8. The van der Waals surface area contributed by atoms with Gasteiger partial charge in [-0.25, -0.2) is 0 Å². The number of hydrogen-bond donors (Lipinski definition) is 0. The SMILES string of the molecule is COc1ccc(C(=O)/C=C/c2cc(OC)c(OC)c(OC)c2)cc1CN1CCCC1. The van der Waals surface area contributed by atoms with Gasteiger partial charge in [-0.15, -0.1) is 0 Å². The van der Waals surface area contributed by atoms with Crippen LogP contribution in [0.2, 0.25) is 0 Å². The van der Waals surface area contributed by atoms with Crippen molar-refractivity contribution in [3.05, 3.63) is 53.1 Å². The van der Waals surface area contributed by atoms with E-state index in [0.717, 1.165) is 36.5 Å². The molecule has 1 fully saturated rings. The molecule has 0 aliphatic carbocycles. The molecule has 0 spiro atoms. The quantitative estimate of drug-likeness (QED) is 0.455. The maximum atomic E-state index is 12.8. The third kappa shape index (κ3) is 4.94. The third-order valence-corrected chi connectivity index (χ3v) is 5.27. The highest BCUT2D eigenvalue weighted by molar-refractivity contribution is 6.07. The molecule has 0 radical (unpaired) electrons. The maximum Gasteiger partial charge on any atom is 0.203 e. The lowest BCUT2D eigenvalue weighted by Crippen LogP contribution is -2.19. The first-order valence-electron chi connectivity index (χ1n) is 10.0. The summed E-state index contributed by atoms with van der Waals surface area (Å²) in [5.41, 5.74) is 2.45. The molecular formula is C24H29NO5.